The van der Waals surface area contributed by atoms with Crippen molar-refractivity contribution < 1.29 is 80.2 Å². The van der Waals surface area contributed by atoms with Crippen molar-refractivity contribution in [2.24, 2.45) is 5.92 Å². The molecule has 3 unspecified atom stereocenters. The Morgan fingerprint density at radius 3 is 0.977 bits per heavy atom. The molecule has 0 aliphatic heterocycles. The first-order valence-electron chi connectivity index (χ1n) is 35.0. The van der Waals surface area contributed by atoms with E-state index in [4.69, 9.17) is 37.0 Å². The maximum atomic E-state index is 13.0. The van der Waals surface area contributed by atoms with E-state index in [0.717, 1.165) is 115 Å². The summed E-state index contributed by atoms with van der Waals surface area (Å²) in [6, 6.07) is 0. The van der Waals surface area contributed by atoms with Crippen LogP contribution in [0.1, 0.15) is 324 Å². The van der Waals surface area contributed by atoms with Crippen LogP contribution in [0.2, 0.25) is 0 Å². The van der Waals surface area contributed by atoms with Crippen LogP contribution in [0.25, 0.3) is 0 Å². The number of rotatable bonds is 66. The van der Waals surface area contributed by atoms with Crippen LogP contribution in [0, 0.1) is 5.92 Å². The van der Waals surface area contributed by atoms with Crippen molar-refractivity contribution in [1.82, 2.24) is 0 Å². The van der Waals surface area contributed by atoms with Gasteiger partial charge in [0, 0.05) is 25.7 Å². The van der Waals surface area contributed by atoms with Gasteiger partial charge in [-0.2, -0.15) is 0 Å². The number of carbonyl (C=O) groups is 4. The molecule has 0 aromatic rings. The van der Waals surface area contributed by atoms with E-state index in [-0.39, 0.29) is 25.7 Å². The minimum Gasteiger partial charge on any atom is -0.462 e. The number of allylic oxidation sites excluding steroid dienone is 4. The van der Waals surface area contributed by atoms with Gasteiger partial charge in [-0.1, -0.05) is 271 Å². The highest BCUT2D eigenvalue weighted by Crippen LogP contribution is 2.45. The summed E-state index contributed by atoms with van der Waals surface area (Å²) >= 11 is 0. The highest BCUT2D eigenvalue weighted by Gasteiger charge is 2.30. The molecule has 512 valence electrons. The van der Waals surface area contributed by atoms with Crippen molar-refractivity contribution in [2.45, 2.75) is 342 Å². The molecule has 0 saturated heterocycles. The first-order valence-corrected chi connectivity index (χ1v) is 38.0. The Balaban J connectivity index is 5.27. The maximum absolute atomic E-state index is 13.0. The van der Waals surface area contributed by atoms with E-state index in [1.165, 1.54) is 128 Å². The zero-order chi connectivity index (χ0) is 64.2. The topological polar surface area (TPSA) is 237 Å². The van der Waals surface area contributed by atoms with Crippen LogP contribution >= 0.6 is 15.6 Å². The SMILES string of the molecule is CCCCCC/C=C\C=C/CCCCCCCC(=O)O[C@H](COC(=O)CCCCCCCCCCCCC(C)CC)COP(=O)(O)OC[C@@H](O)COP(=O)(O)OC[C@@H](COC(=O)CCCCCCCCCC)OC(=O)CCCCCCCCCCCC. The van der Waals surface area contributed by atoms with Crippen LogP contribution in [-0.4, -0.2) is 96.7 Å². The average molecular weight is 1280 g/mol. The zero-order valence-electron chi connectivity index (χ0n) is 55.6. The van der Waals surface area contributed by atoms with E-state index >= 15 is 0 Å². The summed E-state index contributed by atoms with van der Waals surface area (Å²) in [7, 11) is -9.90. The molecule has 0 aliphatic carbocycles. The molecule has 0 amide bonds. The van der Waals surface area contributed by atoms with Gasteiger partial charge in [0.2, 0.25) is 0 Å². The van der Waals surface area contributed by atoms with Crippen molar-refractivity contribution in [2.75, 3.05) is 39.6 Å². The molecular weight excluding hydrogens is 1150 g/mol. The number of aliphatic hydroxyl groups excluding tert-OH is 1. The summed E-state index contributed by atoms with van der Waals surface area (Å²) in [5.74, 6) is -1.35. The molecule has 17 nitrogen and oxygen atoms in total. The Kier molecular flexibility index (Phi) is 59.3. The fourth-order valence-corrected chi connectivity index (χ4v) is 11.3. The van der Waals surface area contributed by atoms with Crippen molar-refractivity contribution in [3.8, 4) is 0 Å². The molecule has 0 radical (unpaired) electrons. The van der Waals surface area contributed by atoms with Crippen molar-refractivity contribution >= 4 is 39.5 Å². The number of aliphatic hydroxyl groups is 1. The molecule has 19 heteroatoms. The third-order valence-corrected chi connectivity index (χ3v) is 17.4. The van der Waals surface area contributed by atoms with Gasteiger partial charge >= 0.3 is 39.5 Å². The molecule has 0 saturated carbocycles. The van der Waals surface area contributed by atoms with E-state index < -0.39 is 97.5 Å². The van der Waals surface area contributed by atoms with Crippen molar-refractivity contribution in [3.63, 3.8) is 0 Å². The van der Waals surface area contributed by atoms with Gasteiger partial charge in [-0.15, -0.1) is 0 Å². The Morgan fingerprint density at radius 2 is 0.644 bits per heavy atom. The lowest BCUT2D eigenvalue weighted by molar-refractivity contribution is -0.161. The molecule has 0 aliphatic rings. The monoisotopic (exact) mass is 1280 g/mol. The van der Waals surface area contributed by atoms with Crippen LogP contribution in [0.4, 0.5) is 0 Å². The molecule has 0 aromatic carbocycles. The highest BCUT2D eigenvalue weighted by atomic mass is 31.2. The predicted molar refractivity (Wildman–Crippen MR) is 349 cm³/mol. The van der Waals surface area contributed by atoms with Gasteiger partial charge in [0.05, 0.1) is 26.4 Å². The summed E-state index contributed by atoms with van der Waals surface area (Å²) in [4.78, 5) is 72.3. The smallest absolute Gasteiger partial charge is 0.462 e. The lowest BCUT2D eigenvalue weighted by atomic mass is 9.99. The standard InChI is InChI=1S/C68H128O17P2/c1-6-10-13-16-19-22-24-25-26-27-28-34-39-44-49-54-68(73)85-64(58-79-66(71)52-47-42-37-33-30-29-31-35-40-45-50-61(5)9-4)60-83-87(76,77)81-56-62(69)55-80-86(74,75)82-59-63(57-78-65(70)51-46-41-36-21-18-15-12-8-3)84-67(72)53-48-43-38-32-23-20-17-14-11-7-2/h22,24-26,61-64,69H,6-21,23,27-60H2,1-5H3,(H,74,75)(H,76,77)/b24-22-,26-25-/t61?,62-,63+,64+/m0/s1. The van der Waals surface area contributed by atoms with Crippen molar-refractivity contribution in [1.29, 1.82) is 0 Å². The van der Waals surface area contributed by atoms with Gasteiger partial charge in [0.1, 0.15) is 19.3 Å². The van der Waals surface area contributed by atoms with E-state index in [1.54, 1.807) is 0 Å². The van der Waals surface area contributed by atoms with Gasteiger partial charge < -0.3 is 33.8 Å². The number of ether oxygens (including phenoxy) is 4. The highest BCUT2D eigenvalue weighted by molar-refractivity contribution is 7.47. The second-order valence-corrected chi connectivity index (χ2v) is 27.0. The quantitative estimate of drug-likeness (QED) is 0.0169. The molecule has 3 N–H and O–H groups in total. The van der Waals surface area contributed by atoms with E-state index in [9.17, 15) is 43.2 Å². The summed E-state index contributed by atoms with van der Waals surface area (Å²) < 4.78 is 68.1. The number of carbonyl (C=O) groups excluding carboxylic acids is 4. The molecule has 0 heterocycles. The summed E-state index contributed by atoms with van der Waals surface area (Å²) in [6.45, 7) is 7.15. The summed E-state index contributed by atoms with van der Waals surface area (Å²) in [6.07, 6.45) is 49.3. The van der Waals surface area contributed by atoms with Crippen LogP contribution in [0.3, 0.4) is 0 Å². The molecule has 87 heavy (non-hydrogen) atoms. The lowest BCUT2D eigenvalue weighted by Crippen LogP contribution is -2.30. The van der Waals surface area contributed by atoms with Crippen LogP contribution in [0.15, 0.2) is 24.3 Å². The number of phosphoric ester groups is 2. The van der Waals surface area contributed by atoms with E-state index in [0.29, 0.717) is 25.7 Å². The fourth-order valence-electron chi connectivity index (χ4n) is 9.72. The average Bonchev–Trinajstić information content (AvgIpc) is 3.71. The number of esters is 4. The van der Waals surface area contributed by atoms with Crippen LogP contribution < -0.4 is 0 Å². The minimum absolute atomic E-state index is 0.0850. The van der Waals surface area contributed by atoms with Crippen LogP contribution in [-0.2, 0) is 65.4 Å². The molecule has 6 atom stereocenters. The van der Waals surface area contributed by atoms with Crippen LogP contribution in [0.5, 0.6) is 0 Å². The van der Waals surface area contributed by atoms with Gasteiger partial charge in [0.15, 0.2) is 12.2 Å². The van der Waals surface area contributed by atoms with Gasteiger partial charge in [-0.3, -0.25) is 37.3 Å². The lowest BCUT2D eigenvalue weighted by Gasteiger charge is -2.21. The number of phosphoric acid groups is 2. The third kappa shape index (κ3) is 60.9. The normalized spacial score (nSPS) is 14.6. The Morgan fingerprint density at radius 1 is 0.368 bits per heavy atom. The Labute approximate surface area is 529 Å². The predicted octanol–water partition coefficient (Wildman–Crippen LogP) is 18.9. The van der Waals surface area contributed by atoms with Gasteiger partial charge in [0.25, 0.3) is 0 Å². The fraction of sp³-hybridized carbons (Fsp3) is 0.882. The number of hydrogen-bond donors (Lipinski definition) is 3. The maximum Gasteiger partial charge on any atom is 0.472 e. The largest absolute Gasteiger partial charge is 0.472 e. The minimum atomic E-state index is -4.96. The molecule has 0 bridgehead atoms. The van der Waals surface area contributed by atoms with E-state index in [2.05, 4.69) is 58.9 Å². The third-order valence-electron chi connectivity index (χ3n) is 15.5. The molecule has 0 rings (SSSR count). The second kappa shape index (κ2) is 61.1. The summed E-state index contributed by atoms with van der Waals surface area (Å²) in [5, 5.41) is 10.6. The van der Waals surface area contributed by atoms with E-state index in [1.807, 2.05) is 0 Å². The molecule has 0 aromatic heterocycles. The number of unbranched alkanes of at least 4 members (excludes halogenated alkanes) is 34. The second-order valence-electron chi connectivity index (χ2n) is 24.1. The Bertz CT molecular complexity index is 1780. The summed E-state index contributed by atoms with van der Waals surface area (Å²) in [5.41, 5.74) is 0. The first kappa shape index (κ1) is 84.5. The number of hydrogen-bond acceptors (Lipinski definition) is 15. The van der Waals surface area contributed by atoms with Crippen molar-refractivity contribution in [3.05, 3.63) is 24.3 Å². The zero-order valence-corrected chi connectivity index (χ0v) is 57.4. The van der Waals surface area contributed by atoms with Gasteiger partial charge in [-0.25, -0.2) is 9.13 Å². The Hall–Kier alpha value is -2.46. The first-order chi connectivity index (χ1) is 42.1. The molecular formula is C68H128O17P2. The molecule has 0 fully saturated rings. The van der Waals surface area contributed by atoms with Gasteiger partial charge in [-0.05, 0) is 57.3 Å². The molecule has 0 spiro atoms.